The molecule has 0 spiro atoms. The number of nitrogens with one attached hydrogen (secondary N) is 2. The van der Waals surface area contributed by atoms with Crippen LogP contribution in [0.15, 0.2) is 0 Å². The summed E-state index contributed by atoms with van der Waals surface area (Å²) in [4.78, 5) is 11.8. The van der Waals surface area contributed by atoms with Crippen LogP contribution < -0.4 is 11.1 Å². The second-order valence-electron chi connectivity index (χ2n) is 4.26. The minimum atomic E-state index is -0.232. The molecule has 1 amide bonds. The molecule has 0 unspecified atom stereocenters. The molecule has 1 heterocycles. The number of nitrogen functional groups attached to an aromatic ring is 1. The van der Waals surface area contributed by atoms with Gasteiger partial charge in [-0.15, -0.1) is 0 Å². The lowest BCUT2D eigenvalue weighted by Gasteiger charge is -2.21. The molecule has 4 N–H and O–H groups in total. The Morgan fingerprint density at radius 1 is 1.62 bits per heavy atom. The number of rotatable bonds is 4. The molecule has 90 valence electrons. The van der Waals surface area contributed by atoms with Gasteiger partial charge in [-0.1, -0.05) is 0 Å². The van der Waals surface area contributed by atoms with E-state index in [1.54, 1.807) is 18.7 Å². The van der Waals surface area contributed by atoms with Crippen molar-refractivity contribution in [2.75, 3.05) is 18.5 Å². The number of anilines is 1. The third-order valence-corrected chi connectivity index (χ3v) is 3.69. The number of nitrogens with two attached hydrogens (primary N) is 1. The number of aromatic amines is 1. The third kappa shape index (κ3) is 2.91. The van der Waals surface area contributed by atoms with E-state index in [1.807, 2.05) is 6.26 Å². The fourth-order valence-electron chi connectivity index (χ4n) is 1.06. The van der Waals surface area contributed by atoms with E-state index in [0.29, 0.717) is 17.9 Å². The standard InChI is InChI=1S/C10H18N4OS/c1-6-7(11)8(14-13-6)9(15)12-5-10(2,3)16-4/h5,11H2,1-4H3,(H,12,15)(H,13,14). The van der Waals surface area contributed by atoms with Crippen LogP contribution in [0.3, 0.4) is 0 Å². The molecule has 16 heavy (non-hydrogen) atoms. The normalized spacial score (nSPS) is 11.5. The number of carbonyl (C=O) groups is 1. The molecule has 1 rings (SSSR count). The summed E-state index contributed by atoms with van der Waals surface area (Å²) in [6, 6.07) is 0. The highest BCUT2D eigenvalue weighted by Gasteiger charge is 2.20. The maximum Gasteiger partial charge on any atom is 0.273 e. The Labute approximate surface area is 99.6 Å². The van der Waals surface area contributed by atoms with Crippen molar-refractivity contribution >= 4 is 23.4 Å². The molecular formula is C10H18N4OS. The fourth-order valence-corrected chi connectivity index (χ4v) is 1.28. The first-order chi connectivity index (χ1) is 7.37. The third-order valence-electron chi connectivity index (χ3n) is 2.44. The summed E-state index contributed by atoms with van der Waals surface area (Å²) in [7, 11) is 0. The number of aryl methyl sites for hydroxylation is 1. The van der Waals surface area contributed by atoms with Gasteiger partial charge >= 0.3 is 0 Å². The Morgan fingerprint density at radius 3 is 2.69 bits per heavy atom. The van der Waals surface area contributed by atoms with Crippen molar-refractivity contribution in [3.05, 3.63) is 11.4 Å². The Bertz CT molecular complexity index is 386. The van der Waals surface area contributed by atoms with E-state index < -0.39 is 0 Å². The molecule has 0 radical (unpaired) electrons. The van der Waals surface area contributed by atoms with Crippen LogP contribution in [0.2, 0.25) is 0 Å². The lowest BCUT2D eigenvalue weighted by atomic mass is 10.2. The minimum Gasteiger partial charge on any atom is -0.395 e. The van der Waals surface area contributed by atoms with Gasteiger partial charge in [0, 0.05) is 11.3 Å². The zero-order valence-electron chi connectivity index (χ0n) is 10.0. The van der Waals surface area contributed by atoms with Crippen LogP contribution in [0.25, 0.3) is 0 Å². The molecule has 0 bridgehead atoms. The van der Waals surface area contributed by atoms with E-state index in [2.05, 4.69) is 29.4 Å². The van der Waals surface area contributed by atoms with Crippen molar-refractivity contribution in [2.45, 2.75) is 25.5 Å². The Balaban J connectivity index is 2.64. The van der Waals surface area contributed by atoms with Crippen molar-refractivity contribution in [1.82, 2.24) is 15.5 Å². The van der Waals surface area contributed by atoms with E-state index in [4.69, 9.17) is 5.73 Å². The minimum absolute atomic E-state index is 0.00970. The number of hydrogen-bond donors (Lipinski definition) is 3. The molecule has 1 aromatic rings. The highest BCUT2D eigenvalue weighted by molar-refractivity contribution is 7.99. The fraction of sp³-hybridized carbons (Fsp3) is 0.600. The summed E-state index contributed by atoms with van der Waals surface area (Å²) < 4.78 is 0.00970. The maximum absolute atomic E-state index is 11.8. The highest BCUT2D eigenvalue weighted by atomic mass is 32.2. The van der Waals surface area contributed by atoms with Gasteiger partial charge in [0.2, 0.25) is 0 Å². The van der Waals surface area contributed by atoms with Gasteiger partial charge in [0.25, 0.3) is 5.91 Å². The number of H-pyrrole nitrogens is 1. The van der Waals surface area contributed by atoms with Crippen LogP contribution >= 0.6 is 11.8 Å². The van der Waals surface area contributed by atoms with Crippen molar-refractivity contribution < 1.29 is 4.79 Å². The van der Waals surface area contributed by atoms with Crippen molar-refractivity contribution in [2.24, 2.45) is 0 Å². The van der Waals surface area contributed by atoms with Gasteiger partial charge in [0.1, 0.15) is 0 Å². The number of carbonyl (C=O) groups excluding carboxylic acids is 1. The quantitative estimate of drug-likeness (QED) is 0.740. The zero-order valence-corrected chi connectivity index (χ0v) is 10.9. The van der Waals surface area contributed by atoms with E-state index in [0.717, 1.165) is 0 Å². The molecule has 0 aliphatic heterocycles. The Morgan fingerprint density at radius 2 is 2.25 bits per heavy atom. The number of hydrogen-bond acceptors (Lipinski definition) is 4. The predicted molar refractivity (Wildman–Crippen MR) is 67.7 cm³/mol. The lowest BCUT2D eigenvalue weighted by Crippen LogP contribution is -2.36. The van der Waals surface area contributed by atoms with Gasteiger partial charge in [0.05, 0.1) is 11.4 Å². The van der Waals surface area contributed by atoms with Gasteiger partial charge in [-0.05, 0) is 27.0 Å². The van der Waals surface area contributed by atoms with Crippen molar-refractivity contribution in [3.63, 3.8) is 0 Å². The molecule has 6 heteroatoms. The average molecular weight is 242 g/mol. The van der Waals surface area contributed by atoms with Crippen molar-refractivity contribution in [3.8, 4) is 0 Å². The molecule has 0 atom stereocenters. The van der Waals surface area contributed by atoms with E-state index in [1.165, 1.54) is 0 Å². The monoisotopic (exact) mass is 242 g/mol. The number of thioether (sulfide) groups is 1. The van der Waals surface area contributed by atoms with Gasteiger partial charge < -0.3 is 11.1 Å². The molecule has 0 aliphatic rings. The largest absolute Gasteiger partial charge is 0.395 e. The molecule has 0 aromatic carbocycles. The summed E-state index contributed by atoms with van der Waals surface area (Å²) in [6.07, 6.45) is 2.01. The number of nitrogens with zero attached hydrogens (tertiary/aromatic N) is 1. The van der Waals surface area contributed by atoms with Crippen LogP contribution in [0.1, 0.15) is 30.0 Å². The Hall–Kier alpha value is -1.17. The van der Waals surface area contributed by atoms with E-state index >= 15 is 0 Å². The lowest BCUT2D eigenvalue weighted by molar-refractivity contribution is 0.0946. The molecule has 0 fully saturated rings. The predicted octanol–water partition coefficient (Wildman–Crippen LogP) is 1.17. The first-order valence-corrected chi connectivity index (χ1v) is 6.23. The van der Waals surface area contributed by atoms with E-state index in [-0.39, 0.29) is 16.3 Å². The summed E-state index contributed by atoms with van der Waals surface area (Å²) in [5, 5.41) is 9.38. The smallest absolute Gasteiger partial charge is 0.273 e. The molecule has 1 aromatic heterocycles. The molecule has 0 saturated carbocycles. The topological polar surface area (TPSA) is 83.8 Å². The Kier molecular flexibility index (Phi) is 3.85. The molecule has 0 saturated heterocycles. The molecule has 5 nitrogen and oxygen atoms in total. The molecular weight excluding hydrogens is 224 g/mol. The molecule has 0 aliphatic carbocycles. The SMILES string of the molecule is CSC(C)(C)CNC(=O)c1n[nH]c(C)c1N. The van der Waals surface area contributed by atoms with Crippen LogP contribution in [0, 0.1) is 6.92 Å². The van der Waals surface area contributed by atoms with Gasteiger partial charge in [-0.3, -0.25) is 9.89 Å². The first kappa shape index (κ1) is 12.9. The van der Waals surface area contributed by atoms with Crippen LogP contribution in [-0.4, -0.2) is 33.7 Å². The summed E-state index contributed by atoms with van der Waals surface area (Å²) >= 11 is 1.70. The number of amides is 1. The first-order valence-electron chi connectivity index (χ1n) is 5.01. The summed E-state index contributed by atoms with van der Waals surface area (Å²) in [5.41, 5.74) is 7.12. The average Bonchev–Trinajstić information content (AvgIpc) is 2.57. The van der Waals surface area contributed by atoms with Gasteiger partial charge in [-0.2, -0.15) is 16.9 Å². The maximum atomic E-state index is 11.8. The van der Waals surface area contributed by atoms with Crippen molar-refractivity contribution in [1.29, 1.82) is 0 Å². The van der Waals surface area contributed by atoms with Gasteiger partial charge in [0.15, 0.2) is 5.69 Å². The van der Waals surface area contributed by atoms with Gasteiger partial charge in [-0.25, -0.2) is 0 Å². The van der Waals surface area contributed by atoms with E-state index in [9.17, 15) is 4.79 Å². The second kappa shape index (κ2) is 4.78. The highest BCUT2D eigenvalue weighted by Crippen LogP contribution is 2.20. The zero-order chi connectivity index (χ0) is 12.3. The second-order valence-corrected chi connectivity index (χ2v) is 5.77. The number of aromatic nitrogens is 2. The van der Waals surface area contributed by atoms with Crippen LogP contribution in [0.5, 0.6) is 0 Å². The van der Waals surface area contributed by atoms with Crippen LogP contribution in [-0.2, 0) is 0 Å². The summed E-state index contributed by atoms with van der Waals surface area (Å²) in [5.74, 6) is -0.232. The summed E-state index contributed by atoms with van der Waals surface area (Å²) in [6.45, 7) is 6.50. The van der Waals surface area contributed by atoms with Crippen LogP contribution in [0.4, 0.5) is 5.69 Å².